The van der Waals surface area contributed by atoms with E-state index in [1.807, 2.05) is 0 Å². The van der Waals surface area contributed by atoms with E-state index >= 15 is 0 Å². The summed E-state index contributed by atoms with van der Waals surface area (Å²) in [6, 6.07) is 0.762. The molecule has 2 heteroatoms. The van der Waals surface area contributed by atoms with Crippen molar-refractivity contribution in [2.24, 2.45) is 5.92 Å². The third-order valence-electron chi connectivity index (χ3n) is 3.88. The van der Waals surface area contributed by atoms with Crippen molar-refractivity contribution < 1.29 is 5.11 Å². The van der Waals surface area contributed by atoms with Gasteiger partial charge < -0.3 is 5.11 Å². The van der Waals surface area contributed by atoms with E-state index in [0.717, 1.165) is 18.5 Å². The number of aliphatic hydroxyl groups excluding tert-OH is 1. The van der Waals surface area contributed by atoms with Crippen LogP contribution in [-0.4, -0.2) is 35.7 Å². The first-order chi connectivity index (χ1) is 7.31. The van der Waals surface area contributed by atoms with E-state index in [1.165, 1.54) is 45.1 Å². The van der Waals surface area contributed by atoms with E-state index in [9.17, 15) is 0 Å². The standard InChI is InChI=1S/C13H27NO/c1-3-12(4-2)11-14(9-10-15)13-7-5-6-8-13/h12-13,15H,3-11H2,1-2H3. The normalized spacial score (nSPS) is 18.2. The monoisotopic (exact) mass is 213 g/mol. The van der Waals surface area contributed by atoms with Crippen molar-refractivity contribution >= 4 is 0 Å². The van der Waals surface area contributed by atoms with Crippen LogP contribution in [0.2, 0.25) is 0 Å². The second-order valence-electron chi connectivity index (χ2n) is 4.84. The lowest BCUT2D eigenvalue weighted by molar-refractivity contribution is 0.129. The number of nitrogens with zero attached hydrogens (tertiary/aromatic N) is 1. The van der Waals surface area contributed by atoms with Crippen LogP contribution in [0.3, 0.4) is 0 Å². The lowest BCUT2D eigenvalue weighted by Crippen LogP contribution is -2.39. The van der Waals surface area contributed by atoms with Crippen LogP contribution in [0.1, 0.15) is 52.4 Å². The largest absolute Gasteiger partial charge is 0.395 e. The summed E-state index contributed by atoms with van der Waals surface area (Å²) < 4.78 is 0. The highest BCUT2D eigenvalue weighted by Gasteiger charge is 2.23. The minimum atomic E-state index is 0.316. The van der Waals surface area contributed by atoms with Crippen LogP contribution < -0.4 is 0 Å². The van der Waals surface area contributed by atoms with Gasteiger partial charge in [0.2, 0.25) is 0 Å². The van der Waals surface area contributed by atoms with Gasteiger partial charge in [-0.2, -0.15) is 0 Å². The van der Waals surface area contributed by atoms with E-state index in [2.05, 4.69) is 18.7 Å². The molecule has 1 aliphatic carbocycles. The summed E-state index contributed by atoms with van der Waals surface area (Å²) in [4.78, 5) is 2.53. The van der Waals surface area contributed by atoms with Crippen LogP contribution >= 0.6 is 0 Å². The fraction of sp³-hybridized carbons (Fsp3) is 1.00. The molecule has 0 aromatic rings. The number of hydrogen-bond donors (Lipinski definition) is 1. The summed E-state index contributed by atoms with van der Waals surface area (Å²) in [5, 5.41) is 9.11. The first kappa shape index (κ1) is 13.0. The Bertz CT molecular complexity index is 151. The highest BCUT2D eigenvalue weighted by molar-refractivity contribution is 4.78. The molecule has 0 heterocycles. The van der Waals surface area contributed by atoms with E-state index in [4.69, 9.17) is 5.11 Å². The van der Waals surface area contributed by atoms with E-state index < -0.39 is 0 Å². The maximum absolute atomic E-state index is 9.11. The smallest absolute Gasteiger partial charge is 0.0558 e. The molecule has 0 unspecified atom stereocenters. The summed E-state index contributed by atoms with van der Waals surface area (Å²) in [5.74, 6) is 0.817. The second kappa shape index (κ2) is 7.24. The van der Waals surface area contributed by atoms with Gasteiger partial charge in [-0.1, -0.05) is 39.5 Å². The van der Waals surface area contributed by atoms with Crippen molar-refractivity contribution in [1.82, 2.24) is 4.90 Å². The molecule has 0 saturated heterocycles. The zero-order valence-corrected chi connectivity index (χ0v) is 10.4. The molecule has 0 bridgehead atoms. The topological polar surface area (TPSA) is 23.5 Å². The quantitative estimate of drug-likeness (QED) is 0.703. The molecular weight excluding hydrogens is 186 g/mol. The van der Waals surface area contributed by atoms with Crippen LogP contribution in [0.25, 0.3) is 0 Å². The Morgan fingerprint density at radius 1 is 1.20 bits per heavy atom. The van der Waals surface area contributed by atoms with Crippen molar-refractivity contribution in [1.29, 1.82) is 0 Å². The highest BCUT2D eigenvalue weighted by atomic mass is 16.3. The summed E-state index contributed by atoms with van der Waals surface area (Å²) in [6.07, 6.45) is 8.00. The molecule has 1 fully saturated rings. The maximum atomic E-state index is 9.11. The van der Waals surface area contributed by atoms with Crippen LogP contribution in [-0.2, 0) is 0 Å². The van der Waals surface area contributed by atoms with Crippen molar-refractivity contribution in [2.75, 3.05) is 19.7 Å². The van der Waals surface area contributed by atoms with Gasteiger partial charge in [0.15, 0.2) is 0 Å². The molecule has 0 radical (unpaired) electrons. The fourth-order valence-electron chi connectivity index (χ4n) is 2.70. The van der Waals surface area contributed by atoms with Gasteiger partial charge in [-0.25, -0.2) is 0 Å². The Labute approximate surface area is 94.7 Å². The molecule has 1 N–H and O–H groups in total. The number of rotatable bonds is 7. The molecule has 90 valence electrons. The van der Waals surface area contributed by atoms with Crippen LogP contribution in [0.4, 0.5) is 0 Å². The predicted octanol–water partition coefficient (Wildman–Crippen LogP) is 2.66. The average Bonchev–Trinajstić information content (AvgIpc) is 2.77. The zero-order chi connectivity index (χ0) is 11.1. The number of hydrogen-bond acceptors (Lipinski definition) is 2. The van der Waals surface area contributed by atoms with Gasteiger partial charge >= 0.3 is 0 Å². The molecule has 2 nitrogen and oxygen atoms in total. The van der Waals surface area contributed by atoms with Crippen molar-refractivity contribution in [2.45, 2.75) is 58.4 Å². The Morgan fingerprint density at radius 3 is 2.27 bits per heavy atom. The lowest BCUT2D eigenvalue weighted by atomic mass is 10.0. The van der Waals surface area contributed by atoms with E-state index in [-0.39, 0.29) is 0 Å². The number of aliphatic hydroxyl groups is 1. The SMILES string of the molecule is CCC(CC)CN(CCO)C1CCCC1. The van der Waals surface area contributed by atoms with Gasteiger partial charge in [-0.05, 0) is 18.8 Å². The first-order valence-electron chi connectivity index (χ1n) is 6.66. The second-order valence-corrected chi connectivity index (χ2v) is 4.84. The summed E-state index contributed by atoms with van der Waals surface area (Å²) in [6.45, 7) is 6.94. The lowest BCUT2D eigenvalue weighted by Gasteiger charge is -2.31. The molecule has 1 aliphatic rings. The Hall–Kier alpha value is -0.0800. The summed E-state index contributed by atoms with van der Waals surface area (Å²) >= 11 is 0. The fourth-order valence-corrected chi connectivity index (χ4v) is 2.70. The molecule has 0 spiro atoms. The van der Waals surface area contributed by atoms with Crippen LogP contribution in [0, 0.1) is 5.92 Å². The Kier molecular flexibility index (Phi) is 6.26. The van der Waals surface area contributed by atoms with Gasteiger partial charge in [-0.3, -0.25) is 4.90 Å². The van der Waals surface area contributed by atoms with Crippen molar-refractivity contribution in [3.8, 4) is 0 Å². The zero-order valence-electron chi connectivity index (χ0n) is 10.4. The molecule has 1 rings (SSSR count). The molecule has 15 heavy (non-hydrogen) atoms. The molecule has 0 aliphatic heterocycles. The minimum Gasteiger partial charge on any atom is -0.395 e. The summed E-state index contributed by atoms with van der Waals surface area (Å²) in [5.41, 5.74) is 0. The average molecular weight is 213 g/mol. The third-order valence-corrected chi connectivity index (χ3v) is 3.88. The van der Waals surface area contributed by atoms with Gasteiger partial charge in [0, 0.05) is 19.1 Å². The highest BCUT2D eigenvalue weighted by Crippen LogP contribution is 2.24. The molecule has 0 aromatic heterocycles. The molecular formula is C13H27NO. The van der Waals surface area contributed by atoms with Gasteiger partial charge in [0.1, 0.15) is 0 Å². The van der Waals surface area contributed by atoms with Gasteiger partial charge in [-0.15, -0.1) is 0 Å². The Balaban J connectivity index is 2.40. The van der Waals surface area contributed by atoms with Crippen LogP contribution in [0.15, 0.2) is 0 Å². The summed E-state index contributed by atoms with van der Waals surface area (Å²) in [7, 11) is 0. The third kappa shape index (κ3) is 4.12. The predicted molar refractivity (Wildman–Crippen MR) is 65.0 cm³/mol. The molecule has 1 saturated carbocycles. The Morgan fingerprint density at radius 2 is 1.80 bits per heavy atom. The first-order valence-corrected chi connectivity index (χ1v) is 6.66. The molecule has 0 atom stereocenters. The van der Waals surface area contributed by atoms with Gasteiger partial charge in [0.05, 0.1) is 6.61 Å². The van der Waals surface area contributed by atoms with Crippen molar-refractivity contribution in [3.05, 3.63) is 0 Å². The molecule has 0 aromatic carbocycles. The van der Waals surface area contributed by atoms with Crippen molar-refractivity contribution in [3.63, 3.8) is 0 Å². The van der Waals surface area contributed by atoms with Crippen LogP contribution in [0.5, 0.6) is 0 Å². The van der Waals surface area contributed by atoms with E-state index in [0.29, 0.717) is 6.61 Å². The molecule has 0 amide bonds. The minimum absolute atomic E-state index is 0.316. The maximum Gasteiger partial charge on any atom is 0.0558 e. The van der Waals surface area contributed by atoms with Gasteiger partial charge in [0.25, 0.3) is 0 Å². The van der Waals surface area contributed by atoms with E-state index in [1.54, 1.807) is 0 Å².